The van der Waals surface area contributed by atoms with Crippen LogP contribution in [0.1, 0.15) is 51.6 Å². The largest absolute Gasteiger partial charge is 0.491 e. The molecule has 0 aliphatic carbocycles. The molecule has 0 radical (unpaired) electrons. The van der Waals surface area contributed by atoms with E-state index in [0.717, 1.165) is 12.3 Å². The van der Waals surface area contributed by atoms with Crippen molar-refractivity contribution in [3.05, 3.63) is 29.8 Å². The van der Waals surface area contributed by atoms with E-state index < -0.39 is 0 Å². The summed E-state index contributed by atoms with van der Waals surface area (Å²) >= 11 is 0. The second kappa shape index (κ2) is 7.09. The lowest BCUT2D eigenvalue weighted by atomic mass is 9.97. The van der Waals surface area contributed by atoms with Crippen LogP contribution in [0.5, 0.6) is 5.75 Å². The molecule has 1 aromatic carbocycles. The number of rotatable bonds is 5. The third-order valence-electron chi connectivity index (χ3n) is 4.09. The predicted octanol–water partition coefficient (Wildman–Crippen LogP) is 3.35. The second-order valence-corrected chi connectivity index (χ2v) is 6.07. The zero-order valence-electron chi connectivity index (χ0n) is 13.0. The van der Waals surface area contributed by atoms with Gasteiger partial charge in [-0.25, -0.2) is 0 Å². The lowest BCUT2D eigenvalue weighted by Gasteiger charge is -2.39. The molecule has 2 unspecified atom stereocenters. The Morgan fingerprint density at radius 2 is 2.15 bits per heavy atom. The van der Waals surface area contributed by atoms with E-state index in [1.54, 1.807) is 0 Å². The summed E-state index contributed by atoms with van der Waals surface area (Å²) < 4.78 is 5.80. The van der Waals surface area contributed by atoms with E-state index in [4.69, 9.17) is 10.5 Å². The molecular formula is C17H28N2O. The first kappa shape index (κ1) is 15.3. The van der Waals surface area contributed by atoms with Crippen LogP contribution in [0.15, 0.2) is 24.3 Å². The quantitative estimate of drug-likeness (QED) is 0.896. The van der Waals surface area contributed by atoms with Crippen molar-refractivity contribution in [3.8, 4) is 5.75 Å². The fourth-order valence-electron chi connectivity index (χ4n) is 3.11. The average molecular weight is 276 g/mol. The fourth-order valence-corrected chi connectivity index (χ4v) is 3.11. The van der Waals surface area contributed by atoms with Gasteiger partial charge >= 0.3 is 0 Å². The number of likely N-dealkylation sites (tertiary alicyclic amines) is 1. The van der Waals surface area contributed by atoms with Crippen molar-refractivity contribution in [2.24, 2.45) is 5.73 Å². The van der Waals surface area contributed by atoms with Crippen molar-refractivity contribution in [1.82, 2.24) is 4.90 Å². The Morgan fingerprint density at radius 3 is 2.80 bits per heavy atom. The number of piperidine rings is 1. The van der Waals surface area contributed by atoms with Crippen molar-refractivity contribution in [2.75, 3.05) is 13.1 Å². The molecule has 0 bridgehead atoms. The predicted molar refractivity (Wildman–Crippen MR) is 84.0 cm³/mol. The molecule has 3 heteroatoms. The van der Waals surface area contributed by atoms with Crippen LogP contribution in [0.3, 0.4) is 0 Å². The van der Waals surface area contributed by atoms with E-state index in [9.17, 15) is 0 Å². The van der Waals surface area contributed by atoms with Gasteiger partial charge in [0.05, 0.1) is 6.10 Å². The first-order chi connectivity index (χ1) is 9.61. The van der Waals surface area contributed by atoms with Gasteiger partial charge in [0.1, 0.15) is 5.75 Å². The summed E-state index contributed by atoms with van der Waals surface area (Å²) in [4.78, 5) is 2.55. The lowest BCUT2D eigenvalue weighted by molar-refractivity contribution is 0.108. The summed E-state index contributed by atoms with van der Waals surface area (Å²) in [6.07, 6.45) is 4.10. The fraction of sp³-hybridized carbons (Fsp3) is 0.647. The first-order valence-corrected chi connectivity index (χ1v) is 7.84. The molecule has 3 nitrogen and oxygen atoms in total. The van der Waals surface area contributed by atoms with E-state index in [-0.39, 0.29) is 6.10 Å². The van der Waals surface area contributed by atoms with Gasteiger partial charge in [0.2, 0.25) is 0 Å². The zero-order valence-corrected chi connectivity index (χ0v) is 13.0. The Morgan fingerprint density at radius 1 is 1.35 bits per heavy atom. The van der Waals surface area contributed by atoms with Crippen molar-refractivity contribution in [3.63, 3.8) is 0 Å². The molecule has 1 heterocycles. The molecule has 112 valence electrons. The van der Waals surface area contributed by atoms with Crippen LogP contribution in [0.25, 0.3) is 0 Å². The number of nitrogens with zero attached hydrogens (tertiary/aromatic N) is 1. The van der Waals surface area contributed by atoms with Gasteiger partial charge < -0.3 is 10.5 Å². The van der Waals surface area contributed by atoms with Crippen LogP contribution < -0.4 is 10.5 Å². The zero-order chi connectivity index (χ0) is 14.5. The summed E-state index contributed by atoms with van der Waals surface area (Å²) in [7, 11) is 0. The van der Waals surface area contributed by atoms with Gasteiger partial charge in [-0.15, -0.1) is 0 Å². The number of benzene rings is 1. The lowest BCUT2D eigenvalue weighted by Crippen LogP contribution is -2.43. The Labute approximate surface area is 123 Å². The minimum absolute atomic E-state index is 0.204. The molecule has 0 saturated carbocycles. The Balaban J connectivity index is 2.18. The van der Waals surface area contributed by atoms with Gasteiger partial charge in [-0.1, -0.05) is 18.6 Å². The van der Waals surface area contributed by atoms with E-state index in [0.29, 0.717) is 18.6 Å². The standard InChI is InChI=1S/C17H28N2O/c1-13(2)20-16-9-6-8-15(11-16)17(12-18)19-10-5-4-7-14(19)3/h6,8-9,11,13-14,17H,4-5,7,10,12,18H2,1-3H3. The minimum atomic E-state index is 0.204. The summed E-state index contributed by atoms with van der Waals surface area (Å²) in [5.74, 6) is 0.945. The maximum Gasteiger partial charge on any atom is 0.120 e. The highest BCUT2D eigenvalue weighted by Crippen LogP contribution is 2.29. The maximum absolute atomic E-state index is 6.07. The van der Waals surface area contributed by atoms with Crippen molar-refractivity contribution in [2.45, 2.75) is 58.2 Å². The first-order valence-electron chi connectivity index (χ1n) is 7.84. The molecule has 1 saturated heterocycles. The molecule has 0 amide bonds. The van der Waals surface area contributed by atoms with Gasteiger partial charge in [-0.05, 0) is 57.9 Å². The Hall–Kier alpha value is -1.06. The van der Waals surface area contributed by atoms with Crippen LogP contribution in [0.2, 0.25) is 0 Å². The molecule has 1 aliphatic rings. The molecule has 0 spiro atoms. The van der Waals surface area contributed by atoms with Crippen molar-refractivity contribution < 1.29 is 4.74 Å². The monoisotopic (exact) mass is 276 g/mol. The Bertz CT molecular complexity index is 419. The highest BCUT2D eigenvalue weighted by molar-refractivity contribution is 5.31. The Kier molecular flexibility index (Phi) is 5.44. The van der Waals surface area contributed by atoms with E-state index in [1.165, 1.54) is 24.8 Å². The summed E-state index contributed by atoms with van der Waals surface area (Å²) in [5, 5.41) is 0. The summed E-state index contributed by atoms with van der Waals surface area (Å²) in [5.41, 5.74) is 7.34. The average Bonchev–Trinajstić information content (AvgIpc) is 2.41. The second-order valence-electron chi connectivity index (χ2n) is 6.07. The molecule has 1 aliphatic heterocycles. The minimum Gasteiger partial charge on any atom is -0.491 e. The van der Waals surface area contributed by atoms with Crippen LogP contribution in [-0.4, -0.2) is 30.1 Å². The molecule has 2 rings (SSSR count). The molecule has 1 aromatic rings. The van der Waals surface area contributed by atoms with E-state index >= 15 is 0 Å². The normalized spacial score (nSPS) is 21.9. The van der Waals surface area contributed by atoms with E-state index in [2.05, 4.69) is 43.9 Å². The molecule has 2 atom stereocenters. The smallest absolute Gasteiger partial charge is 0.120 e. The molecule has 0 aromatic heterocycles. The molecule has 2 N–H and O–H groups in total. The van der Waals surface area contributed by atoms with Gasteiger partial charge in [-0.3, -0.25) is 4.90 Å². The van der Waals surface area contributed by atoms with Gasteiger partial charge in [0.25, 0.3) is 0 Å². The number of ether oxygens (including phenoxy) is 1. The topological polar surface area (TPSA) is 38.5 Å². The number of hydrogen-bond acceptors (Lipinski definition) is 3. The van der Waals surface area contributed by atoms with Gasteiger partial charge in [-0.2, -0.15) is 0 Å². The van der Waals surface area contributed by atoms with Gasteiger partial charge in [0, 0.05) is 18.6 Å². The van der Waals surface area contributed by atoms with E-state index in [1.807, 2.05) is 6.07 Å². The highest BCUT2D eigenvalue weighted by Gasteiger charge is 2.26. The summed E-state index contributed by atoms with van der Waals surface area (Å²) in [6, 6.07) is 9.35. The van der Waals surface area contributed by atoms with Crippen molar-refractivity contribution >= 4 is 0 Å². The number of hydrogen-bond donors (Lipinski definition) is 1. The third-order valence-corrected chi connectivity index (χ3v) is 4.09. The van der Waals surface area contributed by atoms with Crippen LogP contribution >= 0.6 is 0 Å². The highest BCUT2D eigenvalue weighted by atomic mass is 16.5. The van der Waals surface area contributed by atoms with Crippen LogP contribution in [-0.2, 0) is 0 Å². The maximum atomic E-state index is 6.07. The molecule has 1 fully saturated rings. The molecular weight excluding hydrogens is 248 g/mol. The van der Waals surface area contributed by atoms with Crippen molar-refractivity contribution in [1.29, 1.82) is 0 Å². The van der Waals surface area contributed by atoms with Crippen LogP contribution in [0, 0.1) is 0 Å². The number of nitrogens with two attached hydrogens (primary N) is 1. The SMILES string of the molecule is CC(C)Oc1cccc(C(CN)N2CCCCC2C)c1. The van der Waals surface area contributed by atoms with Crippen LogP contribution in [0.4, 0.5) is 0 Å². The van der Waals surface area contributed by atoms with Gasteiger partial charge in [0.15, 0.2) is 0 Å². The molecule has 20 heavy (non-hydrogen) atoms. The third kappa shape index (κ3) is 3.74. The summed E-state index contributed by atoms with van der Waals surface area (Å²) in [6.45, 7) is 8.24.